The highest BCUT2D eigenvalue weighted by molar-refractivity contribution is 7.17. The van der Waals surface area contributed by atoms with Gasteiger partial charge in [-0.05, 0) is 38.3 Å². The van der Waals surface area contributed by atoms with E-state index in [2.05, 4.69) is 15.6 Å². The van der Waals surface area contributed by atoms with Crippen molar-refractivity contribution in [2.45, 2.75) is 40.2 Å². The Balaban J connectivity index is 1.96. The van der Waals surface area contributed by atoms with Crippen molar-refractivity contribution in [2.75, 3.05) is 6.54 Å². The van der Waals surface area contributed by atoms with Gasteiger partial charge >= 0.3 is 5.97 Å². The molecule has 0 radical (unpaired) electrons. The summed E-state index contributed by atoms with van der Waals surface area (Å²) in [6, 6.07) is 2.61. The van der Waals surface area contributed by atoms with E-state index in [9.17, 15) is 14.4 Å². The molecular weight excluding hydrogens is 370 g/mol. The largest absolute Gasteiger partial charge is 0.480 e. The van der Waals surface area contributed by atoms with Gasteiger partial charge in [-0.25, -0.2) is 9.78 Å². The number of carboxylic acid groups (broad SMARTS) is 1. The lowest BCUT2D eigenvalue weighted by Gasteiger charge is -2.16. The van der Waals surface area contributed by atoms with E-state index in [-0.39, 0.29) is 12.5 Å². The Bertz CT molecular complexity index is 840. The van der Waals surface area contributed by atoms with Gasteiger partial charge in [-0.2, -0.15) is 0 Å². The molecule has 1 atom stereocenters. The summed E-state index contributed by atoms with van der Waals surface area (Å²) in [6.07, 6.45) is 0.314. The van der Waals surface area contributed by atoms with E-state index >= 15 is 0 Å². The summed E-state index contributed by atoms with van der Waals surface area (Å²) in [4.78, 5) is 40.2. The Kier molecular flexibility index (Phi) is 6.73. The Morgan fingerprint density at radius 3 is 2.52 bits per heavy atom. The van der Waals surface area contributed by atoms with Gasteiger partial charge in [-0.15, -0.1) is 11.3 Å². The highest BCUT2D eigenvalue weighted by atomic mass is 32.1. The van der Waals surface area contributed by atoms with Crippen molar-refractivity contribution in [3.05, 3.63) is 28.5 Å². The van der Waals surface area contributed by atoms with Crippen LogP contribution in [0.25, 0.3) is 10.8 Å². The van der Waals surface area contributed by atoms with Crippen LogP contribution in [0.5, 0.6) is 0 Å². The molecule has 27 heavy (non-hydrogen) atoms. The quantitative estimate of drug-likeness (QED) is 0.633. The Morgan fingerprint density at radius 2 is 1.96 bits per heavy atom. The van der Waals surface area contributed by atoms with Crippen LogP contribution in [0.2, 0.25) is 0 Å². The van der Waals surface area contributed by atoms with Crippen LogP contribution in [0.15, 0.2) is 16.5 Å². The molecule has 0 aliphatic rings. The number of furan rings is 1. The van der Waals surface area contributed by atoms with Crippen molar-refractivity contribution in [2.24, 2.45) is 5.92 Å². The van der Waals surface area contributed by atoms with Gasteiger partial charge in [0.15, 0.2) is 10.8 Å². The fraction of sp³-hybridized carbons (Fsp3) is 0.444. The van der Waals surface area contributed by atoms with Crippen LogP contribution in [0, 0.1) is 19.8 Å². The maximum absolute atomic E-state index is 12.3. The predicted octanol–water partition coefficient (Wildman–Crippen LogP) is 2.37. The maximum atomic E-state index is 12.3. The van der Waals surface area contributed by atoms with E-state index in [4.69, 9.17) is 9.52 Å². The first kappa shape index (κ1) is 20.6. The maximum Gasteiger partial charge on any atom is 0.326 e. The first-order chi connectivity index (χ1) is 12.7. The topological polar surface area (TPSA) is 122 Å². The lowest BCUT2D eigenvalue weighted by Crippen LogP contribution is -2.46. The summed E-state index contributed by atoms with van der Waals surface area (Å²) < 4.78 is 5.51. The third-order valence-electron chi connectivity index (χ3n) is 3.70. The molecule has 0 unspecified atom stereocenters. The molecule has 2 aromatic rings. The minimum atomic E-state index is -1.10. The molecule has 0 spiro atoms. The van der Waals surface area contributed by atoms with Crippen LogP contribution in [-0.2, 0) is 9.59 Å². The van der Waals surface area contributed by atoms with Crippen molar-refractivity contribution in [3.8, 4) is 10.8 Å². The van der Waals surface area contributed by atoms with E-state index in [0.29, 0.717) is 27.8 Å². The average molecular weight is 393 g/mol. The second-order valence-electron chi connectivity index (χ2n) is 6.61. The van der Waals surface area contributed by atoms with E-state index in [0.717, 1.165) is 5.76 Å². The molecule has 2 heterocycles. The van der Waals surface area contributed by atoms with Crippen molar-refractivity contribution in [1.29, 1.82) is 0 Å². The summed E-state index contributed by atoms with van der Waals surface area (Å²) in [7, 11) is 0. The molecule has 3 N–H and O–H groups in total. The van der Waals surface area contributed by atoms with E-state index in [1.54, 1.807) is 13.0 Å². The van der Waals surface area contributed by atoms with Gasteiger partial charge < -0.3 is 20.2 Å². The Labute approximate surface area is 161 Å². The minimum Gasteiger partial charge on any atom is -0.480 e. The molecule has 0 bridgehead atoms. The standard InChI is InChI=1S/C18H23N3O5S/c1-9(2)7-12(18(24)25)21-14(22)8-19-16(23)15-11(4)20-17(27-15)13-6-5-10(3)26-13/h5-6,9,12H,7-8H2,1-4H3,(H,19,23)(H,21,22)(H,24,25)/t12-/m0/s1. The summed E-state index contributed by atoms with van der Waals surface area (Å²) >= 11 is 1.17. The average Bonchev–Trinajstić information content (AvgIpc) is 3.17. The predicted molar refractivity (Wildman–Crippen MR) is 101 cm³/mol. The fourth-order valence-corrected chi connectivity index (χ4v) is 3.39. The molecule has 0 saturated carbocycles. The molecule has 0 aliphatic carbocycles. The summed E-state index contributed by atoms with van der Waals surface area (Å²) in [5.74, 6) is -0.652. The number of nitrogens with zero attached hydrogens (tertiary/aromatic N) is 1. The normalized spacial score (nSPS) is 12.0. The van der Waals surface area contributed by atoms with Gasteiger partial charge in [0.05, 0.1) is 12.2 Å². The molecule has 2 aromatic heterocycles. The van der Waals surface area contributed by atoms with Gasteiger partial charge in [-0.1, -0.05) is 13.8 Å². The highest BCUT2D eigenvalue weighted by Gasteiger charge is 2.22. The lowest BCUT2D eigenvalue weighted by atomic mass is 10.0. The molecule has 0 saturated heterocycles. The van der Waals surface area contributed by atoms with Crippen LogP contribution in [-0.4, -0.2) is 40.5 Å². The number of aryl methyl sites for hydroxylation is 2. The zero-order valence-electron chi connectivity index (χ0n) is 15.7. The summed E-state index contributed by atoms with van der Waals surface area (Å²) in [6.45, 7) is 6.95. The van der Waals surface area contributed by atoms with Crippen molar-refractivity contribution < 1.29 is 23.9 Å². The van der Waals surface area contributed by atoms with Gasteiger partial charge in [0, 0.05) is 0 Å². The van der Waals surface area contributed by atoms with E-state index in [1.807, 2.05) is 26.8 Å². The Morgan fingerprint density at radius 1 is 1.26 bits per heavy atom. The number of hydrogen-bond acceptors (Lipinski definition) is 6. The summed E-state index contributed by atoms with van der Waals surface area (Å²) in [5.41, 5.74) is 0.533. The molecule has 2 amide bonds. The van der Waals surface area contributed by atoms with Crippen LogP contribution in [0.1, 0.15) is 41.4 Å². The number of carboxylic acids is 1. The zero-order chi connectivity index (χ0) is 20.1. The highest BCUT2D eigenvalue weighted by Crippen LogP contribution is 2.29. The third-order valence-corrected chi connectivity index (χ3v) is 4.87. The minimum absolute atomic E-state index is 0.115. The molecule has 0 aliphatic heterocycles. The molecule has 146 valence electrons. The molecular formula is C18H23N3O5S. The van der Waals surface area contributed by atoms with Crippen molar-refractivity contribution in [1.82, 2.24) is 15.6 Å². The summed E-state index contributed by atoms with van der Waals surface area (Å²) in [5, 5.41) is 14.7. The van der Waals surface area contributed by atoms with Crippen molar-refractivity contribution in [3.63, 3.8) is 0 Å². The molecule has 0 aromatic carbocycles. The van der Waals surface area contributed by atoms with Gasteiger partial charge in [0.2, 0.25) is 5.91 Å². The monoisotopic (exact) mass is 393 g/mol. The van der Waals surface area contributed by atoms with Crippen LogP contribution in [0.4, 0.5) is 0 Å². The van der Waals surface area contributed by atoms with Crippen LogP contribution >= 0.6 is 11.3 Å². The number of carbonyl (C=O) groups excluding carboxylic acids is 2. The van der Waals surface area contributed by atoms with Gasteiger partial charge in [0.1, 0.15) is 16.7 Å². The number of nitrogens with one attached hydrogen (secondary N) is 2. The van der Waals surface area contributed by atoms with Gasteiger partial charge in [-0.3, -0.25) is 9.59 Å². The SMILES string of the molecule is Cc1ccc(-c2nc(C)c(C(=O)NCC(=O)N[C@@H](CC(C)C)C(=O)O)s2)o1. The van der Waals surface area contributed by atoms with E-state index in [1.165, 1.54) is 11.3 Å². The molecule has 0 fully saturated rings. The van der Waals surface area contributed by atoms with E-state index < -0.39 is 23.8 Å². The Hall–Kier alpha value is -2.68. The second kappa shape index (κ2) is 8.81. The number of rotatable bonds is 8. The van der Waals surface area contributed by atoms with Crippen LogP contribution in [0.3, 0.4) is 0 Å². The zero-order valence-corrected chi connectivity index (χ0v) is 16.5. The smallest absolute Gasteiger partial charge is 0.326 e. The number of aromatic nitrogens is 1. The van der Waals surface area contributed by atoms with Crippen LogP contribution < -0.4 is 10.6 Å². The number of hydrogen-bond donors (Lipinski definition) is 3. The number of aliphatic carboxylic acids is 1. The third kappa shape index (κ3) is 5.65. The number of amides is 2. The number of carbonyl (C=O) groups is 3. The van der Waals surface area contributed by atoms with Gasteiger partial charge in [0.25, 0.3) is 5.91 Å². The molecule has 8 nitrogen and oxygen atoms in total. The number of thiazole rings is 1. The first-order valence-electron chi connectivity index (χ1n) is 8.52. The molecule has 9 heteroatoms. The molecule has 2 rings (SSSR count). The first-order valence-corrected chi connectivity index (χ1v) is 9.33. The lowest BCUT2D eigenvalue weighted by molar-refractivity contribution is -0.142. The fourth-order valence-electron chi connectivity index (χ4n) is 2.44. The van der Waals surface area contributed by atoms with Crippen molar-refractivity contribution >= 4 is 29.1 Å². The second-order valence-corrected chi connectivity index (χ2v) is 7.61.